The molecule has 1 N–H and O–H groups in total. The average molecular weight is 470 g/mol. The van der Waals surface area contributed by atoms with Crippen molar-refractivity contribution < 1.29 is 36.7 Å². The highest BCUT2D eigenvalue weighted by Gasteiger charge is 2.65. The fourth-order valence-corrected chi connectivity index (χ4v) is 5.09. The summed E-state index contributed by atoms with van der Waals surface area (Å²) >= 11 is 0. The monoisotopic (exact) mass is 470 g/mol. The summed E-state index contributed by atoms with van der Waals surface area (Å²) in [5.41, 5.74) is -0.769. The van der Waals surface area contributed by atoms with Crippen LogP contribution in [0.3, 0.4) is 0 Å². The van der Waals surface area contributed by atoms with Gasteiger partial charge < -0.3 is 18.7 Å². The Morgan fingerprint density at radius 2 is 2.00 bits per heavy atom. The van der Waals surface area contributed by atoms with Crippen molar-refractivity contribution >= 4 is 7.82 Å². The lowest BCUT2D eigenvalue weighted by Gasteiger charge is -2.30. The molecule has 0 amide bonds. The number of ether oxygens (including phenoxy) is 3. The fraction of sp³-hybridized carbons (Fsp3) is 0.474. The molecular formula is C19H20FN2O9P. The van der Waals surface area contributed by atoms with E-state index in [0.717, 1.165) is 16.8 Å². The van der Waals surface area contributed by atoms with Crippen LogP contribution in [0, 0.1) is 0 Å². The minimum Gasteiger partial charge on any atom is -0.404 e. The van der Waals surface area contributed by atoms with Gasteiger partial charge in [-0.1, -0.05) is 18.2 Å². The molecule has 1 unspecified atom stereocenters. The lowest BCUT2D eigenvalue weighted by atomic mass is 10.1. The van der Waals surface area contributed by atoms with Crippen LogP contribution in [0.15, 0.2) is 46.1 Å². The van der Waals surface area contributed by atoms with Gasteiger partial charge in [0.2, 0.25) is 0 Å². The Morgan fingerprint density at radius 3 is 2.78 bits per heavy atom. The number of H-pyrrole nitrogens is 1. The first-order valence-corrected chi connectivity index (χ1v) is 11.2. The minimum absolute atomic E-state index is 0.0400. The van der Waals surface area contributed by atoms with Crippen LogP contribution in [0.2, 0.25) is 0 Å². The van der Waals surface area contributed by atoms with E-state index in [1.165, 1.54) is 0 Å². The Balaban J connectivity index is 1.40. The first kappa shape index (κ1) is 21.5. The van der Waals surface area contributed by atoms with Gasteiger partial charge >= 0.3 is 13.5 Å². The normalized spacial score (nSPS) is 35.2. The molecule has 0 spiro atoms. The maximum absolute atomic E-state index is 16.0. The number of nitrogens with one attached hydrogen (secondary N) is 1. The van der Waals surface area contributed by atoms with Gasteiger partial charge in [0.05, 0.1) is 6.61 Å². The predicted octanol–water partition coefficient (Wildman–Crippen LogP) is 1.99. The molecule has 4 heterocycles. The van der Waals surface area contributed by atoms with Crippen molar-refractivity contribution in [3.05, 3.63) is 62.9 Å². The van der Waals surface area contributed by atoms with Crippen LogP contribution >= 0.6 is 7.82 Å². The van der Waals surface area contributed by atoms with Crippen LogP contribution in [0.1, 0.15) is 25.6 Å². The number of fused-ring (bicyclic) bond motifs is 2. The summed E-state index contributed by atoms with van der Waals surface area (Å²) in [6.07, 6.45) is -2.51. The molecule has 5 rings (SSSR count). The van der Waals surface area contributed by atoms with Crippen molar-refractivity contribution in [3.63, 3.8) is 0 Å². The zero-order chi connectivity index (χ0) is 22.7. The fourth-order valence-electron chi connectivity index (χ4n) is 3.86. The molecule has 11 nitrogen and oxygen atoms in total. The van der Waals surface area contributed by atoms with Crippen molar-refractivity contribution in [2.75, 3.05) is 6.61 Å². The summed E-state index contributed by atoms with van der Waals surface area (Å²) < 4.78 is 62.6. The van der Waals surface area contributed by atoms with Crippen LogP contribution in [0.25, 0.3) is 0 Å². The number of hydrogen-bond acceptors (Lipinski definition) is 9. The van der Waals surface area contributed by atoms with Crippen molar-refractivity contribution in [1.82, 2.24) is 9.55 Å². The minimum atomic E-state index is -4.15. The van der Waals surface area contributed by atoms with Crippen molar-refractivity contribution in [2.45, 2.75) is 50.5 Å². The zero-order valence-electron chi connectivity index (χ0n) is 17.1. The van der Waals surface area contributed by atoms with E-state index < -0.39 is 55.8 Å². The van der Waals surface area contributed by atoms with Crippen LogP contribution in [-0.4, -0.2) is 40.0 Å². The number of para-hydroxylation sites is 1. The first-order valence-electron chi connectivity index (χ1n) is 9.78. The molecule has 1 aromatic carbocycles. The summed E-state index contributed by atoms with van der Waals surface area (Å²) in [6, 6.07) is 7.88. The maximum atomic E-state index is 16.0. The molecule has 0 saturated carbocycles. The molecule has 172 valence electrons. The van der Waals surface area contributed by atoms with E-state index in [-0.39, 0.29) is 6.61 Å². The van der Waals surface area contributed by atoms with E-state index in [0.29, 0.717) is 11.3 Å². The lowest BCUT2D eigenvalue weighted by molar-refractivity contribution is -0.264. The highest BCUT2D eigenvalue weighted by atomic mass is 31.2. The molecule has 3 aliphatic rings. The van der Waals surface area contributed by atoms with E-state index in [1.54, 1.807) is 38.1 Å². The summed E-state index contributed by atoms with van der Waals surface area (Å²) in [5, 5.41) is 0. The van der Waals surface area contributed by atoms with Gasteiger partial charge in [-0.25, -0.2) is 13.8 Å². The van der Waals surface area contributed by atoms with Crippen LogP contribution in [-0.2, 0) is 34.4 Å². The van der Waals surface area contributed by atoms with Gasteiger partial charge in [-0.2, -0.15) is 0 Å². The number of hydrogen-bond donors (Lipinski definition) is 1. The van der Waals surface area contributed by atoms with Gasteiger partial charge in [-0.3, -0.25) is 23.4 Å². The second-order valence-corrected chi connectivity index (χ2v) is 9.62. The second kappa shape index (κ2) is 7.34. The predicted molar refractivity (Wildman–Crippen MR) is 105 cm³/mol. The van der Waals surface area contributed by atoms with Crippen LogP contribution in [0.4, 0.5) is 4.39 Å². The number of halogens is 1. The summed E-state index contributed by atoms with van der Waals surface area (Å²) in [6.45, 7) is 2.22. The molecule has 5 atom stereocenters. The zero-order valence-corrected chi connectivity index (χ0v) is 18.0. The van der Waals surface area contributed by atoms with Gasteiger partial charge in [0.25, 0.3) is 11.4 Å². The summed E-state index contributed by atoms with van der Waals surface area (Å²) in [5.74, 6) is -3.55. The van der Waals surface area contributed by atoms with Gasteiger partial charge in [0, 0.05) is 17.8 Å². The number of nitrogens with zero attached hydrogens (tertiary/aromatic N) is 1. The van der Waals surface area contributed by atoms with Crippen LogP contribution in [0.5, 0.6) is 5.75 Å². The molecule has 32 heavy (non-hydrogen) atoms. The number of aromatic amines is 1. The number of benzene rings is 1. The Bertz CT molecular complexity index is 1210. The molecular weight excluding hydrogens is 450 g/mol. The van der Waals surface area contributed by atoms with E-state index in [2.05, 4.69) is 4.98 Å². The van der Waals surface area contributed by atoms with Gasteiger partial charge in [-0.15, -0.1) is 0 Å². The van der Waals surface area contributed by atoms with Crippen molar-refractivity contribution in [2.24, 2.45) is 0 Å². The summed E-state index contributed by atoms with van der Waals surface area (Å²) in [7, 11) is -4.15. The van der Waals surface area contributed by atoms with E-state index in [9.17, 15) is 14.2 Å². The third kappa shape index (κ3) is 3.72. The van der Waals surface area contributed by atoms with E-state index >= 15 is 4.39 Å². The smallest absolute Gasteiger partial charge is 0.404 e. The van der Waals surface area contributed by atoms with Gasteiger partial charge in [0.1, 0.15) is 18.5 Å². The lowest BCUT2D eigenvalue weighted by Crippen LogP contribution is -2.43. The third-order valence-corrected chi connectivity index (χ3v) is 6.57. The molecule has 2 saturated heterocycles. The number of aromatic nitrogens is 2. The standard InChI is InChI=1S/C19H20FN2O9P/c1-18(2)28-14-15(29-18)19(20,30-16(14)22-8-7-13(23)21-17(22)24)10-27-32(25)26-9-11-5-3-4-6-12(11)31-32/h3-8,14-16H,9-10H2,1-2H3,(H,21,23,24)/t14-,15+,16-,19-,32?/m1/s1. The van der Waals surface area contributed by atoms with E-state index in [1.807, 2.05) is 0 Å². The van der Waals surface area contributed by atoms with Gasteiger partial charge in [0.15, 0.2) is 18.1 Å². The quantitative estimate of drug-likeness (QED) is 0.668. The number of phosphoric acid groups is 1. The number of alkyl halides is 1. The molecule has 2 fully saturated rings. The van der Waals surface area contributed by atoms with Gasteiger partial charge in [-0.05, 0) is 19.9 Å². The van der Waals surface area contributed by atoms with Crippen LogP contribution < -0.4 is 15.8 Å². The van der Waals surface area contributed by atoms with Crippen molar-refractivity contribution in [3.8, 4) is 5.75 Å². The Labute approximate surface area is 180 Å². The topological polar surface area (TPSA) is 127 Å². The summed E-state index contributed by atoms with van der Waals surface area (Å²) in [4.78, 5) is 25.7. The Morgan fingerprint density at radius 1 is 1.22 bits per heavy atom. The molecule has 0 bridgehead atoms. The van der Waals surface area contributed by atoms with E-state index in [4.69, 9.17) is 27.8 Å². The highest BCUT2D eigenvalue weighted by Crippen LogP contribution is 2.56. The Kier molecular flexibility index (Phi) is 4.93. The average Bonchev–Trinajstić information content (AvgIpc) is 3.19. The largest absolute Gasteiger partial charge is 0.530 e. The molecule has 2 aromatic rings. The third-order valence-electron chi connectivity index (χ3n) is 5.26. The molecule has 0 aliphatic carbocycles. The maximum Gasteiger partial charge on any atom is 0.530 e. The van der Waals surface area contributed by atoms with Crippen molar-refractivity contribution in [1.29, 1.82) is 0 Å². The molecule has 1 aromatic heterocycles. The SMILES string of the molecule is CC1(C)O[C@H]2[C@H](n3ccc(=O)[nH]c3=O)O[C@](F)(COP3(=O)OCc4ccccc4O3)[C@H]2O1. The molecule has 3 aliphatic heterocycles. The molecule has 13 heteroatoms. The number of phosphoric ester groups is 1. The highest BCUT2D eigenvalue weighted by molar-refractivity contribution is 7.49. The Hall–Kier alpha value is -2.34. The first-order chi connectivity index (χ1) is 15.1. The number of rotatable bonds is 4. The molecule has 0 radical (unpaired) electrons. The second-order valence-electron chi connectivity index (χ2n) is 8.03.